The second kappa shape index (κ2) is 11.4. The summed E-state index contributed by atoms with van der Waals surface area (Å²) in [5.41, 5.74) is 0.961. The number of aromatic nitrogens is 1. The van der Waals surface area contributed by atoms with E-state index in [1.54, 1.807) is 30.3 Å². The van der Waals surface area contributed by atoms with Gasteiger partial charge in [0.15, 0.2) is 0 Å². The Morgan fingerprint density at radius 2 is 1.40 bits per heavy atom. The fourth-order valence-corrected chi connectivity index (χ4v) is 24.3. The normalized spacial score (nSPS) is 12.5. The maximum absolute atomic E-state index is 15.3. The summed E-state index contributed by atoms with van der Waals surface area (Å²) in [5, 5.41) is -0.0775. The molecule has 30 heavy (non-hydrogen) atoms. The number of hydrogen-bond donors (Lipinski definition) is 0. The first-order valence-corrected chi connectivity index (χ1v) is 20.4. The SMILES string of the molecule is CCC[CH2][Sn]([CH2]CCC)([CH2]CCC)[c]1cc(Cl)c(F)n1S(=O)(=O)c1ccc(C)cc1. The number of rotatable bonds is 12. The van der Waals surface area contributed by atoms with Crippen molar-refractivity contribution in [3.63, 3.8) is 0 Å². The van der Waals surface area contributed by atoms with E-state index in [0.29, 0.717) is 3.71 Å². The Balaban J connectivity index is 2.72. The van der Waals surface area contributed by atoms with E-state index in [9.17, 15) is 8.42 Å². The first kappa shape index (κ1) is 25.7. The van der Waals surface area contributed by atoms with Crippen molar-refractivity contribution >= 4 is 43.7 Å². The van der Waals surface area contributed by atoms with Crippen molar-refractivity contribution < 1.29 is 12.8 Å². The van der Waals surface area contributed by atoms with Gasteiger partial charge in [-0.1, -0.05) is 0 Å². The molecule has 7 heteroatoms. The molecule has 168 valence electrons. The Morgan fingerprint density at radius 3 is 1.83 bits per heavy atom. The van der Waals surface area contributed by atoms with Crippen LogP contribution in [0.1, 0.15) is 64.9 Å². The molecule has 0 N–H and O–H groups in total. The second-order valence-electron chi connectivity index (χ2n) is 8.34. The molecule has 0 unspecified atom stereocenters. The summed E-state index contributed by atoms with van der Waals surface area (Å²) >= 11 is 2.99. The third kappa shape index (κ3) is 5.63. The van der Waals surface area contributed by atoms with Gasteiger partial charge in [-0.3, -0.25) is 0 Å². The molecule has 0 radical (unpaired) electrons. The van der Waals surface area contributed by atoms with E-state index >= 15 is 4.39 Å². The summed E-state index contributed by atoms with van der Waals surface area (Å²) in [6, 6.07) is 8.26. The quantitative estimate of drug-likeness (QED) is 0.265. The van der Waals surface area contributed by atoms with E-state index in [1.807, 2.05) is 6.92 Å². The van der Waals surface area contributed by atoms with Crippen molar-refractivity contribution in [2.24, 2.45) is 0 Å². The molecule has 0 aliphatic rings. The molecule has 1 heterocycles. The molecule has 3 nitrogen and oxygen atoms in total. The molecule has 0 fully saturated rings. The summed E-state index contributed by atoms with van der Waals surface area (Å²) < 4.78 is 47.2. The van der Waals surface area contributed by atoms with Gasteiger partial charge in [0, 0.05) is 0 Å². The van der Waals surface area contributed by atoms with Crippen LogP contribution in [0, 0.1) is 12.9 Å². The van der Waals surface area contributed by atoms with Crippen molar-refractivity contribution in [2.75, 3.05) is 0 Å². The van der Waals surface area contributed by atoms with Gasteiger partial charge in [-0.2, -0.15) is 0 Å². The molecule has 0 aliphatic heterocycles. The Morgan fingerprint density at radius 1 is 0.933 bits per heavy atom. The number of aryl methyl sites for hydroxylation is 1. The van der Waals surface area contributed by atoms with Gasteiger partial charge in [-0.15, -0.1) is 0 Å². The van der Waals surface area contributed by atoms with Crippen LogP contribution in [0.15, 0.2) is 35.2 Å². The molecule has 1 aromatic carbocycles. The van der Waals surface area contributed by atoms with E-state index in [1.165, 1.54) is 0 Å². The first-order valence-electron chi connectivity index (χ1n) is 11.1. The van der Waals surface area contributed by atoms with E-state index in [2.05, 4.69) is 20.8 Å². The summed E-state index contributed by atoms with van der Waals surface area (Å²) in [4.78, 5) is 0.113. The van der Waals surface area contributed by atoms with Crippen LogP contribution in [0.5, 0.6) is 0 Å². The molecule has 1 aromatic heterocycles. The van der Waals surface area contributed by atoms with Crippen molar-refractivity contribution in [2.45, 2.75) is 84.4 Å². The van der Waals surface area contributed by atoms with Crippen LogP contribution in [0.2, 0.25) is 18.3 Å². The van der Waals surface area contributed by atoms with Crippen molar-refractivity contribution in [3.05, 3.63) is 46.9 Å². The number of benzene rings is 1. The van der Waals surface area contributed by atoms with Crippen LogP contribution >= 0.6 is 11.6 Å². The Hall–Kier alpha value is -0.531. The van der Waals surface area contributed by atoms with E-state index in [0.717, 1.165) is 61.4 Å². The molecule has 0 saturated heterocycles. The van der Waals surface area contributed by atoms with Gasteiger partial charge >= 0.3 is 192 Å². The van der Waals surface area contributed by atoms with Crippen LogP contribution in [-0.4, -0.2) is 30.8 Å². The topological polar surface area (TPSA) is 39.1 Å². The van der Waals surface area contributed by atoms with Crippen LogP contribution in [-0.2, 0) is 10.0 Å². The van der Waals surface area contributed by atoms with E-state index < -0.39 is 34.3 Å². The molecular formula is C23H35ClFNO2SSn. The molecule has 0 amide bonds. The van der Waals surface area contributed by atoms with Gasteiger partial charge in [-0.25, -0.2) is 0 Å². The van der Waals surface area contributed by atoms with Gasteiger partial charge in [0.25, 0.3) is 0 Å². The molecule has 0 atom stereocenters. The van der Waals surface area contributed by atoms with Gasteiger partial charge in [0.1, 0.15) is 0 Å². The minimum atomic E-state index is -4.04. The average Bonchev–Trinajstić information content (AvgIpc) is 3.04. The summed E-state index contributed by atoms with van der Waals surface area (Å²) in [7, 11) is -4.04. The molecule has 0 spiro atoms. The van der Waals surface area contributed by atoms with Crippen molar-refractivity contribution in [1.29, 1.82) is 0 Å². The predicted molar refractivity (Wildman–Crippen MR) is 128 cm³/mol. The molecule has 0 saturated carbocycles. The van der Waals surface area contributed by atoms with Gasteiger partial charge < -0.3 is 0 Å². The molecule has 0 aliphatic carbocycles. The van der Waals surface area contributed by atoms with E-state index in [4.69, 9.17) is 11.6 Å². The third-order valence-electron chi connectivity index (χ3n) is 5.99. The van der Waals surface area contributed by atoms with Gasteiger partial charge in [0.05, 0.1) is 0 Å². The Bertz CT molecular complexity index is 904. The van der Waals surface area contributed by atoms with Crippen molar-refractivity contribution in [1.82, 2.24) is 3.97 Å². The zero-order valence-corrected chi connectivity index (χ0v) is 23.1. The molecule has 0 bridgehead atoms. The summed E-state index contributed by atoms with van der Waals surface area (Å²) in [6.45, 7) is 8.38. The van der Waals surface area contributed by atoms with Gasteiger partial charge in [0.2, 0.25) is 0 Å². The van der Waals surface area contributed by atoms with Crippen LogP contribution < -0.4 is 3.71 Å². The number of halogens is 2. The van der Waals surface area contributed by atoms with Gasteiger partial charge in [-0.05, 0) is 0 Å². The number of unbranched alkanes of at least 4 members (excludes halogenated alkanes) is 3. The molecule has 2 rings (SSSR count). The standard InChI is InChI=1S/C11H8ClFNO2S.3C4H9.Sn/c1-8-2-4-9(5-3-8)17(15,16)14-7-6-10(12)11(14)13;3*1-3-4-2;/h2-6H,1H3;3*1,3-4H2,2H3;. The Kier molecular flexibility index (Phi) is 9.75. The average molecular weight is 563 g/mol. The predicted octanol–water partition coefficient (Wildman–Crippen LogP) is 6.88. The molecule has 2 aromatic rings. The van der Waals surface area contributed by atoms with E-state index in [-0.39, 0.29) is 9.92 Å². The zero-order chi connectivity index (χ0) is 22.4. The molecular weight excluding hydrogens is 527 g/mol. The number of nitrogens with zero attached hydrogens (tertiary/aromatic N) is 1. The van der Waals surface area contributed by atoms with Crippen LogP contribution in [0.3, 0.4) is 0 Å². The van der Waals surface area contributed by atoms with Crippen molar-refractivity contribution in [3.8, 4) is 0 Å². The second-order valence-corrected chi connectivity index (χ2v) is 23.6. The summed E-state index contributed by atoms with van der Waals surface area (Å²) in [5.74, 6) is -0.835. The minimum absolute atomic E-state index is 0.0775. The Labute approximate surface area is 190 Å². The fraction of sp³-hybridized carbons (Fsp3) is 0.565. The monoisotopic (exact) mass is 563 g/mol. The fourth-order valence-electron chi connectivity index (χ4n) is 4.16. The van der Waals surface area contributed by atoms with Crippen LogP contribution in [0.4, 0.5) is 4.39 Å². The first-order chi connectivity index (χ1) is 14.2. The third-order valence-corrected chi connectivity index (χ3v) is 23.8. The zero-order valence-electron chi connectivity index (χ0n) is 18.7. The summed E-state index contributed by atoms with van der Waals surface area (Å²) in [6.07, 6.45) is 6.32. The number of hydrogen-bond acceptors (Lipinski definition) is 2. The van der Waals surface area contributed by atoms with Crippen LogP contribution in [0.25, 0.3) is 0 Å². The maximum atomic E-state index is 15.3.